The second-order valence-corrected chi connectivity index (χ2v) is 6.94. The fourth-order valence-electron chi connectivity index (χ4n) is 2.99. The zero-order valence-electron chi connectivity index (χ0n) is 12.3. The minimum absolute atomic E-state index is 0.188. The lowest BCUT2D eigenvalue weighted by Gasteiger charge is -2.21. The van der Waals surface area contributed by atoms with Gasteiger partial charge in [0.15, 0.2) is 0 Å². The lowest BCUT2D eigenvalue weighted by Crippen LogP contribution is -2.11. The number of nitrogens with two attached hydrogens (primary N) is 1. The Kier molecular flexibility index (Phi) is 6.91. The van der Waals surface area contributed by atoms with Crippen LogP contribution in [0.3, 0.4) is 0 Å². The summed E-state index contributed by atoms with van der Waals surface area (Å²) in [5.41, 5.74) is 6.85. The van der Waals surface area contributed by atoms with Crippen molar-refractivity contribution < 1.29 is 5.11 Å². The summed E-state index contributed by atoms with van der Waals surface area (Å²) >= 11 is 1.97. The highest BCUT2D eigenvalue weighted by Crippen LogP contribution is 2.31. The molecule has 2 nitrogen and oxygen atoms in total. The Balaban J connectivity index is 1.91. The van der Waals surface area contributed by atoms with Crippen molar-refractivity contribution in [1.29, 1.82) is 0 Å². The Morgan fingerprint density at radius 1 is 1.25 bits per heavy atom. The fourth-order valence-corrected chi connectivity index (χ4v) is 4.15. The minimum Gasteiger partial charge on any atom is -0.396 e. The van der Waals surface area contributed by atoms with Gasteiger partial charge in [-0.15, -0.1) is 11.8 Å². The number of benzene rings is 1. The Morgan fingerprint density at radius 2 is 2.05 bits per heavy atom. The number of hydrogen-bond donors (Lipinski definition) is 2. The highest BCUT2D eigenvalue weighted by Gasteiger charge is 2.14. The lowest BCUT2D eigenvalue weighted by atomic mass is 9.91. The maximum atomic E-state index is 9.47. The lowest BCUT2D eigenvalue weighted by molar-refractivity contribution is 0.260. The van der Waals surface area contributed by atoms with Crippen LogP contribution in [0.4, 0.5) is 0 Å². The standard InChI is InChI=1S/C17H27NOS/c18-10-9-16(12-19)15-7-4-8-17(11-15)20-13-14-5-2-1-3-6-14/h4,7-8,11,14,16,19H,1-3,5-6,9-10,12-13,18H2. The van der Waals surface area contributed by atoms with Gasteiger partial charge in [-0.05, 0) is 49.4 Å². The summed E-state index contributed by atoms with van der Waals surface area (Å²) in [5, 5.41) is 9.47. The second kappa shape index (κ2) is 8.71. The van der Waals surface area contributed by atoms with Crippen LogP contribution in [0.25, 0.3) is 0 Å². The van der Waals surface area contributed by atoms with Crippen LogP contribution in [0.5, 0.6) is 0 Å². The molecule has 0 saturated heterocycles. The van der Waals surface area contributed by atoms with Gasteiger partial charge in [0.1, 0.15) is 0 Å². The summed E-state index contributed by atoms with van der Waals surface area (Å²) in [6.45, 7) is 0.818. The molecule has 1 unspecified atom stereocenters. The molecule has 1 aromatic rings. The zero-order chi connectivity index (χ0) is 14.2. The number of thioether (sulfide) groups is 1. The molecule has 3 N–H and O–H groups in total. The average Bonchev–Trinajstić information content (AvgIpc) is 2.52. The maximum absolute atomic E-state index is 9.47. The smallest absolute Gasteiger partial charge is 0.0500 e. The van der Waals surface area contributed by atoms with Gasteiger partial charge in [0.25, 0.3) is 0 Å². The molecular formula is C17H27NOS. The second-order valence-electron chi connectivity index (χ2n) is 5.84. The molecule has 0 spiro atoms. The molecule has 20 heavy (non-hydrogen) atoms. The molecule has 1 aromatic carbocycles. The summed E-state index contributed by atoms with van der Waals surface area (Å²) in [7, 11) is 0. The zero-order valence-corrected chi connectivity index (χ0v) is 13.1. The van der Waals surface area contributed by atoms with Gasteiger partial charge in [-0.3, -0.25) is 0 Å². The van der Waals surface area contributed by atoms with Crippen LogP contribution in [0, 0.1) is 5.92 Å². The predicted molar refractivity (Wildman–Crippen MR) is 87.2 cm³/mol. The molecular weight excluding hydrogens is 266 g/mol. The number of aliphatic hydroxyl groups is 1. The van der Waals surface area contributed by atoms with Crippen LogP contribution in [0.15, 0.2) is 29.2 Å². The van der Waals surface area contributed by atoms with E-state index < -0.39 is 0 Å². The SMILES string of the molecule is NCCC(CO)c1cccc(SCC2CCCCC2)c1. The topological polar surface area (TPSA) is 46.2 Å². The van der Waals surface area contributed by atoms with Crippen LogP contribution < -0.4 is 5.73 Å². The van der Waals surface area contributed by atoms with E-state index >= 15 is 0 Å². The summed E-state index contributed by atoms with van der Waals surface area (Å²) in [4.78, 5) is 1.34. The van der Waals surface area contributed by atoms with E-state index in [1.807, 2.05) is 11.8 Å². The van der Waals surface area contributed by atoms with Gasteiger partial charge in [0.2, 0.25) is 0 Å². The van der Waals surface area contributed by atoms with Gasteiger partial charge in [0, 0.05) is 23.2 Å². The summed E-state index contributed by atoms with van der Waals surface area (Å²) in [6, 6.07) is 8.65. The van der Waals surface area contributed by atoms with Gasteiger partial charge >= 0.3 is 0 Å². The van der Waals surface area contributed by atoms with Crippen molar-refractivity contribution in [2.24, 2.45) is 11.7 Å². The molecule has 0 radical (unpaired) electrons. The molecule has 0 aliphatic heterocycles. The van der Waals surface area contributed by atoms with E-state index in [9.17, 15) is 5.11 Å². The first-order valence-electron chi connectivity index (χ1n) is 7.87. The molecule has 1 saturated carbocycles. The first-order valence-corrected chi connectivity index (χ1v) is 8.85. The Bertz CT molecular complexity index is 390. The normalized spacial score (nSPS) is 18.1. The highest BCUT2D eigenvalue weighted by molar-refractivity contribution is 7.99. The highest BCUT2D eigenvalue weighted by atomic mass is 32.2. The van der Waals surface area contributed by atoms with Crippen molar-refractivity contribution in [3.8, 4) is 0 Å². The third-order valence-electron chi connectivity index (χ3n) is 4.28. The maximum Gasteiger partial charge on any atom is 0.0500 e. The van der Waals surface area contributed by atoms with E-state index in [2.05, 4.69) is 24.3 Å². The van der Waals surface area contributed by atoms with E-state index in [-0.39, 0.29) is 12.5 Å². The Hall–Kier alpha value is -0.510. The van der Waals surface area contributed by atoms with Crippen LogP contribution in [0.1, 0.15) is 50.0 Å². The average molecular weight is 293 g/mol. The van der Waals surface area contributed by atoms with Crippen molar-refractivity contribution in [3.05, 3.63) is 29.8 Å². The van der Waals surface area contributed by atoms with E-state index in [0.717, 1.165) is 12.3 Å². The molecule has 0 aromatic heterocycles. The molecule has 112 valence electrons. The quantitative estimate of drug-likeness (QED) is 0.752. The van der Waals surface area contributed by atoms with E-state index in [4.69, 9.17) is 5.73 Å². The third-order valence-corrected chi connectivity index (χ3v) is 5.50. The molecule has 1 atom stereocenters. The number of hydrogen-bond acceptors (Lipinski definition) is 3. The molecule has 1 aliphatic rings. The van der Waals surface area contributed by atoms with Gasteiger partial charge in [0.05, 0.1) is 0 Å². The number of aliphatic hydroxyl groups excluding tert-OH is 1. The summed E-state index contributed by atoms with van der Waals surface area (Å²) in [6.07, 6.45) is 7.90. The number of rotatable bonds is 7. The van der Waals surface area contributed by atoms with Crippen LogP contribution in [-0.4, -0.2) is 24.0 Å². The summed E-state index contributed by atoms with van der Waals surface area (Å²) in [5.74, 6) is 2.33. The monoisotopic (exact) mass is 293 g/mol. The van der Waals surface area contributed by atoms with Crippen molar-refractivity contribution in [2.45, 2.75) is 49.3 Å². The fraction of sp³-hybridized carbons (Fsp3) is 0.647. The molecule has 1 fully saturated rings. The molecule has 3 heteroatoms. The van der Waals surface area contributed by atoms with Crippen LogP contribution in [-0.2, 0) is 0 Å². The first-order chi connectivity index (χ1) is 9.83. The molecule has 2 rings (SSSR count). The summed E-state index contributed by atoms with van der Waals surface area (Å²) < 4.78 is 0. The largest absolute Gasteiger partial charge is 0.396 e. The Labute approximate surface area is 127 Å². The molecule has 0 heterocycles. The van der Waals surface area contributed by atoms with Crippen molar-refractivity contribution in [1.82, 2.24) is 0 Å². The van der Waals surface area contributed by atoms with E-state index in [0.29, 0.717) is 6.54 Å². The Morgan fingerprint density at radius 3 is 2.75 bits per heavy atom. The van der Waals surface area contributed by atoms with E-state index in [1.54, 1.807) is 0 Å². The van der Waals surface area contributed by atoms with Crippen LogP contribution in [0.2, 0.25) is 0 Å². The van der Waals surface area contributed by atoms with Crippen molar-refractivity contribution in [3.63, 3.8) is 0 Å². The third kappa shape index (κ3) is 4.80. The first kappa shape index (κ1) is 15.9. The molecule has 0 bridgehead atoms. The van der Waals surface area contributed by atoms with Gasteiger partial charge in [-0.2, -0.15) is 0 Å². The predicted octanol–water partition coefficient (Wildman–Crippen LogP) is 3.78. The molecule has 1 aliphatic carbocycles. The van der Waals surface area contributed by atoms with Crippen molar-refractivity contribution in [2.75, 3.05) is 18.9 Å². The molecule has 0 amide bonds. The minimum atomic E-state index is 0.188. The van der Waals surface area contributed by atoms with Crippen molar-refractivity contribution >= 4 is 11.8 Å². The van der Waals surface area contributed by atoms with E-state index in [1.165, 1.54) is 48.3 Å². The van der Waals surface area contributed by atoms with Crippen LogP contribution >= 0.6 is 11.8 Å². The van der Waals surface area contributed by atoms with Gasteiger partial charge < -0.3 is 10.8 Å². The van der Waals surface area contributed by atoms with Gasteiger partial charge in [-0.25, -0.2) is 0 Å². The van der Waals surface area contributed by atoms with Gasteiger partial charge in [-0.1, -0.05) is 31.4 Å².